The highest BCUT2D eigenvalue weighted by Crippen LogP contribution is 2.20. The molecule has 2 N–H and O–H groups in total. The zero-order valence-electron chi connectivity index (χ0n) is 18.4. The third-order valence-corrected chi connectivity index (χ3v) is 6.07. The molecule has 2 fully saturated rings. The van der Waals surface area contributed by atoms with Crippen molar-refractivity contribution in [2.24, 2.45) is 10.9 Å². The van der Waals surface area contributed by atoms with Crippen LogP contribution in [0.4, 0.5) is 0 Å². The predicted molar refractivity (Wildman–Crippen MR) is 115 cm³/mol. The van der Waals surface area contributed by atoms with Crippen molar-refractivity contribution in [3.8, 4) is 0 Å². The van der Waals surface area contributed by atoms with Crippen LogP contribution in [0, 0.1) is 5.92 Å². The second-order valence-corrected chi connectivity index (χ2v) is 7.84. The zero-order chi connectivity index (χ0) is 20.4. The molecule has 28 heavy (non-hydrogen) atoms. The van der Waals surface area contributed by atoms with E-state index < -0.39 is 0 Å². The van der Waals surface area contributed by atoms with Crippen LogP contribution in [0.15, 0.2) is 4.99 Å². The molecule has 0 spiro atoms. The molecule has 7 heteroatoms. The van der Waals surface area contributed by atoms with Crippen LogP contribution in [0.3, 0.4) is 0 Å². The Balaban J connectivity index is 2.00. The number of nitrogens with zero attached hydrogens (tertiary/aromatic N) is 3. The lowest BCUT2D eigenvalue weighted by molar-refractivity contribution is -0.129. The number of rotatable bonds is 9. The van der Waals surface area contributed by atoms with Gasteiger partial charge in [0.2, 0.25) is 5.91 Å². The molecule has 0 saturated carbocycles. The van der Waals surface area contributed by atoms with Crippen LogP contribution in [-0.2, 0) is 9.53 Å². The topological polar surface area (TPSA) is 69.2 Å². The number of aliphatic imine (C=N–C) groups is 1. The van der Waals surface area contributed by atoms with Crippen molar-refractivity contribution in [2.75, 3.05) is 52.5 Å². The van der Waals surface area contributed by atoms with Gasteiger partial charge in [0.1, 0.15) is 0 Å². The first-order chi connectivity index (χ1) is 13.6. The Morgan fingerprint density at radius 3 is 2.46 bits per heavy atom. The fourth-order valence-corrected chi connectivity index (χ4v) is 4.33. The molecule has 162 valence electrons. The minimum absolute atomic E-state index is 0.243. The highest BCUT2D eigenvalue weighted by molar-refractivity contribution is 5.80. The van der Waals surface area contributed by atoms with Crippen molar-refractivity contribution in [2.45, 2.75) is 65.5 Å². The molecule has 2 heterocycles. The molecule has 1 amide bonds. The first kappa shape index (κ1) is 22.9. The largest absolute Gasteiger partial charge is 0.379 e. The quantitative estimate of drug-likeness (QED) is 0.459. The average Bonchev–Trinajstić information content (AvgIpc) is 3.19. The SMILES string of the molecule is CCNC(=NCC(C(CC)CC)N1CCOCC1)NC1CCN(C(=O)CC)C1. The Hall–Kier alpha value is -1.34. The van der Waals surface area contributed by atoms with E-state index in [9.17, 15) is 4.79 Å². The van der Waals surface area contributed by atoms with E-state index in [0.29, 0.717) is 18.4 Å². The maximum atomic E-state index is 11.9. The fourth-order valence-electron chi connectivity index (χ4n) is 4.33. The maximum absolute atomic E-state index is 11.9. The number of amides is 1. The summed E-state index contributed by atoms with van der Waals surface area (Å²) in [6.45, 7) is 15.5. The number of likely N-dealkylation sites (tertiary alicyclic amines) is 1. The molecule has 0 aliphatic carbocycles. The van der Waals surface area contributed by atoms with Crippen LogP contribution in [0.25, 0.3) is 0 Å². The zero-order valence-corrected chi connectivity index (χ0v) is 18.4. The summed E-state index contributed by atoms with van der Waals surface area (Å²) in [6, 6.07) is 0.736. The molecular weight excluding hydrogens is 354 g/mol. The van der Waals surface area contributed by atoms with Crippen LogP contribution in [0.1, 0.15) is 53.4 Å². The van der Waals surface area contributed by atoms with Crippen molar-refractivity contribution < 1.29 is 9.53 Å². The van der Waals surface area contributed by atoms with Gasteiger partial charge in [-0.15, -0.1) is 0 Å². The third-order valence-electron chi connectivity index (χ3n) is 6.07. The number of morpholine rings is 1. The van der Waals surface area contributed by atoms with Gasteiger partial charge in [-0.1, -0.05) is 33.6 Å². The van der Waals surface area contributed by atoms with Gasteiger partial charge < -0.3 is 20.3 Å². The second-order valence-electron chi connectivity index (χ2n) is 7.84. The normalized spacial score (nSPS) is 22.5. The second kappa shape index (κ2) is 12.3. The summed E-state index contributed by atoms with van der Waals surface area (Å²) < 4.78 is 5.55. The number of nitrogens with one attached hydrogen (secondary N) is 2. The molecule has 2 aliphatic heterocycles. The minimum atomic E-state index is 0.243. The summed E-state index contributed by atoms with van der Waals surface area (Å²) in [5.74, 6) is 1.77. The first-order valence-corrected chi connectivity index (χ1v) is 11.3. The number of hydrogen-bond acceptors (Lipinski definition) is 4. The van der Waals surface area contributed by atoms with E-state index in [0.717, 1.165) is 64.9 Å². The lowest BCUT2D eigenvalue weighted by Crippen LogP contribution is -2.50. The van der Waals surface area contributed by atoms with Gasteiger partial charge in [0.25, 0.3) is 0 Å². The monoisotopic (exact) mass is 395 g/mol. The van der Waals surface area contributed by atoms with E-state index in [-0.39, 0.29) is 11.9 Å². The fraction of sp³-hybridized carbons (Fsp3) is 0.905. The van der Waals surface area contributed by atoms with Gasteiger partial charge in [0.15, 0.2) is 5.96 Å². The van der Waals surface area contributed by atoms with E-state index >= 15 is 0 Å². The van der Waals surface area contributed by atoms with E-state index in [1.807, 2.05) is 11.8 Å². The summed E-state index contributed by atoms with van der Waals surface area (Å²) in [5.41, 5.74) is 0. The van der Waals surface area contributed by atoms with Crippen LogP contribution in [0.5, 0.6) is 0 Å². The van der Waals surface area contributed by atoms with Crippen LogP contribution >= 0.6 is 0 Å². The molecule has 2 saturated heterocycles. The molecule has 0 aromatic rings. The Morgan fingerprint density at radius 2 is 1.86 bits per heavy atom. The van der Waals surface area contributed by atoms with Gasteiger partial charge in [-0.2, -0.15) is 0 Å². The van der Waals surface area contributed by atoms with Crippen molar-refractivity contribution >= 4 is 11.9 Å². The Bertz CT molecular complexity index is 489. The molecule has 0 radical (unpaired) electrons. The number of guanidine groups is 1. The molecule has 0 aromatic heterocycles. The van der Waals surface area contributed by atoms with E-state index in [1.54, 1.807) is 0 Å². The van der Waals surface area contributed by atoms with Gasteiger partial charge in [0, 0.05) is 51.2 Å². The van der Waals surface area contributed by atoms with Crippen molar-refractivity contribution in [3.63, 3.8) is 0 Å². The molecule has 2 aliphatic rings. The van der Waals surface area contributed by atoms with Gasteiger partial charge >= 0.3 is 0 Å². The number of ether oxygens (including phenoxy) is 1. The highest BCUT2D eigenvalue weighted by atomic mass is 16.5. The Labute approximate surface area is 171 Å². The Morgan fingerprint density at radius 1 is 1.14 bits per heavy atom. The maximum Gasteiger partial charge on any atom is 0.222 e. The van der Waals surface area contributed by atoms with E-state index in [4.69, 9.17) is 9.73 Å². The molecule has 2 atom stereocenters. The summed E-state index contributed by atoms with van der Waals surface area (Å²) in [7, 11) is 0. The summed E-state index contributed by atoms with van der Waals surface area (Å²) in [5, 5.41) is 6.95. The number of hydrogen-bond donors (Lipinski definition) is 2. The van der Waals surface area contributed by atoms with Crippen molar-refractivity contribution in [1.82, 2.24) is 20.4 Å². The van der Waals surface area contributed by atoms with Gasteiger partial charge in [-0.25, -0.2) is 0 Å². The molecule has 2 rings (SSSR count). The molecule has 2 unspecified atom stereocenters. The summed E-state index contributed by atoms with van der Waals surface area (Å²) >= 11 is 0. The van der Waals surface area contributed by atoms with Crippen LogP contribution in [-0.4, -0.2) is 86.2 Å². The van der Waals surface area contributed by atoms with E-state index in [1.165, 1.54) is 12.8 Å². The van der Waals surface area contributed by atoms with Gasteiger partial charge in [-0.3, -0.25) is 14.7 Å². The van der Waals surface area contributed by atoms with Crippen molar-refractivity contribution in [1.29, 1.82) is 0 Å². The molecule has 7 nitrogen and oxygen atoms in total. The predicted octanol–water partition coefficient (Wildman–Crippen LogP) is 1.69. The van der Waals surface area contributed by atoms with Crippen LogP contribution < -0.4 is 10.6 Å². The lowest BCUT2D eigenvalue weighted by Gasteiger charge is -2.38. The molecule has 0 aromatic carbocycles. The third kappa shape index (κ3) is 6.62. The van der Waals surface area contributed by atoms with Gasteiger partial charge in [-0.05, 0) is 19.3 Å². The summed E-state index contributed by atoms with van der Waals surface area (Å²) in [6.07, 6.45) is 3.91. The Kier molecular flexibility index (Phi) is 10.1. The van der Waals surface area contributed by atoms with Gasteiger partial charge in [0.05, 0.1) is 19.8 Å². The van der Waals surface area contributed by atoms with E-state index in [2.05, 4.69) is 36.3 Å². The first-order valence-electron chi connectivity index (χ1n) is 11.3. The standard InChI is InChI=1S/C21H41N5O2/c1-5-17(6-2)19(25-11-13-28-14-12-25)15-23-21(22-8-4)24-18-9-10-26(16-18)20(27)7-3/h17-19H,5-16H2,1-4H3,(H2,22,23,24). The summed E-state index contributed by atoms with van der Waals surface area (Å²) in [4.78, 5) is 21.4. The highest BCUT2D eigenvalue weighted by Gasteiger charge is 2.28. The molecular formula is C21H41N5O2. The lowest BCUT2D eigenvalue weighted by atomic mass is 9.92. The molecule has 0 bridgehead atoms. The average molecular weight is 396 g/mol. The van der Waals surface area contributed by atoms with Crippen LogP contribution in [0.2, 0.25) is 0 Å². The number of carbonyl (C=O) groups excluding carboxylic acids is 1. The van der Waals surface area contributed by atoms with Crippen molar-refractivity contribution in [3.05, 3.63) is 0 Å². The smallest absolute Gasteiger partial charge is 0.222 e. The number of carbonyl (C=O) groups is 1. The minimum Gasteiger partial charge on any atom is -0.379 e.